The Hall–Kier alpha value is -2.63. The molecule has 1 saturated heterocycles. The van der Waals surface area contributed by atoms with E-state index in [1.807, 2.05) is 0 Å². The summed E-state index contributed by atoms with van der Waals surface area (Å²) in [5, 5.41) is 3.98. The van der Waals surface area contributed by atoms with Gasteiger partial charge in [-0.25, -0.2) is 14.3 Å². The number of carbonyl (C=O) groups is 3. The minimum absolute atomic E-state index is 0.0143. The third-order valence-corrected chi connectivity index (χ3v) is 7.09. The van der Waals surface area contributed by atoms with E-state index in [0.29, 0.717) is 12.0 Å². The number of esters is 1. The van der Waals surface area contributed by atoms with Crippen LogP contribution in [0.4, 0.5) is 18.0 Å². The molecule has 12 heteroatoms. The van der Waals surface area contributed by atoms with Gasteiger partial charge >= 0.3 is 18.2 Å². The Morgan fingerprint density at radius 2 is 1.86 bits per heavy atom. The SMILES string of the molecule is CCOC(=O)C(C(=O)C1CCC(C)(C)N1C(=O)OC(C)(C)C)n1cc2c(C(F)(F)F)cc(Br)c(C)c2n1. The van der Waals surface area contributed by atoms with Crippen LogP contribution in [0.3, 0.4) is 0 Å². The van der Waals surface area contributed by atoms with Crippen molar-refractivity contribution < 1.29 is 37.0 Å². The number of likely N-dealkylation sites (tertiary alicyclic amines) is 1. The van der Waals surface area contributed by atoms with Crippen LogP contribution < -0.4 is 0 Å². The maximum Gasteiger partial charge on any atom is 0.417 e. The van der Waals surface area contributed by atoms with Crippen LogP contribution in [-0.2, 0) is 25.2 Å². The molecule has 1 aromatic carbocycles. The maximum absolute atomic E-state index is 13.9. The predicted octanol–water partition coefficient (Wildman–Crippen LogP) is 5.98. The van der Waals surface area contributed by atoms with Gasteiger partial charge in [-0.3, -0.25) is 9.69 Å². The van der Waals surface area contributed by atoms with Crippen molar-refractivity contribution >= 4 is 44.7 Å². The average Bonchev–Trinajstić information content (AvgIpc) is 3.29. The molecule has 2 aromatic rings. The number of fused-ring (bicyclic) bond motifs is 1. The first-order chi connectivity index (χ1) is 16.9. The number of halogens is 4. The second kappa shape index (κ2) is 9.92. The summed E-state index contributed by atoms with van der Waals surface area (Å²) < 4.78 is 53.2. The topological polar surface area (TPSA) is 90.7 Å². The number of aryl methyl sites for hydroxylation is 1. The average molecular weight is 590 g/mol. The summed E-state index contributed by atoms with van der Waals surface area (Å²) >= 11 is 3.14. The molecular weight excluding hydrogens is 559 g/mol. The standard InChI is InChI=1S/C25H31BrF3N3O5/c1-8-36-21(34)19(20(33)17-9-10-24(6,7)32(17)22(35)37-23(3,4)5)31-12-14-15(25(27,28)29)11-16(26)13(2)18(14)30-31/h11-12,17,19H,8-10H2,1-7H3. The van der Waals surface area contributed by atoms with Crippen LogP contribution in [0, 0.1) is 6.92 Å². The number of rotatable bonds is 5. The molecule has 1 aliphatic heterocycles. The van der Waals surface area contributed by atoms with Gasteiger partial charge in [0, 0.05) is 21.6 Å². The predicted molar refractivity (Wildman–Crippen MR) is 133 cm³/mol. The Morgan fingerprint density at radius 3 is 2.41 bits per heavy atom. The van der Waals surface area contributed by atoms with Gasteiger partial charge in [0.15, 0.2) is 5.78 Å². The van der Waals surface area contributed by atoms with E-state index >= 15 is 0 Å². The van der Waals surface area contributed by atoms with Crippen molar-refractivity contribution in [2.24, 2.45) is 0 Å². The highest BCUT2D eigenvalue weighted by molar-refractivity contribution is 9.10. The molecule has 1 aliphatic rings. The molecule has 1 fully saturated rings. The fourth-order valence-electron chi connectivity index (χ4n) is 4.53. The first-order valence-corrected chi connectivity index (χ1v) is 12.7. The van der Waals surface area contributed by atoms with Crippen molar-refractivity contribution in [1.29, 1.82) is 0 Å². The number of hydrogen-bond donors (Lipinski definition) is 0. The molecule has 0 aliphatic carbocycles. The lowest BCUT2D eigenvalue weighted by Crippen LogP contribution is -2.53. The summed E-state index contributed by atoms with van der Waals surface area (Å²) in [4.78, 5) is 41.4. The number of amides is 1. The number of nitrogens with zero attached hydrogens (tertiary/aromatic N) is 3. The summed E-state index contributed by atoms with van der Waals surface area (Å²) in [6.07, 6.45) is -3.70. The van der Waals surface area contributed by atoms with Gasteiger partial charge in [-0.1, -0.05) is 15.9 Å². The van der Waals surface area contributed by atoms with Crippen molar-refractivity contribution in [2.45, 2.75) is 90.7 Å². The molecule has 0 saturated carbocycles. The first kappa shape index (κ1) is 28.9. The van der Waals surface area contributed by atoms with Crippen LogP contribution in [-0.4, -0.2) is 56.3 Å². The fraction of sp³-hybridized carbons (Fsp3) is 0.600. The molecule has 0 N–H and O–H groups in total. The van der Waals surface area contributed by atoms with Gasteiger partial charge in [0.05, 0.1) is 23.7 Å². The van der Waals surface area contributed by atoms with Gasteiger partial charge in [-0.15, -0.1) is 0 Å². The van der Waals surface area contributed by atoms with E-state index in [9.17, 15) is 27.6 Å². The van der Waals surface area contributed by atoms with Gasteiger partial charge in [0.1, 0.15) is 5.60 Å². The van der Waals surface area contributed by atoms with E-state index < -0.39 is 52.8 Å². The maximum atomic E-state index is 13.9. The van der Waals surface area contributed by atoms with Gasteiger partial charge in [0.25, 0.3) is 0 Å². The molecule has 2 heterocycles. The second-order valence-electron chi connectivity index (χ2n) is 10.7. The number of hydrogen-bond acceptors (Lipinski definition) is 6. The van der Waals surface area contributed by atoms with E-state index in [1.54, 1.807) is 48.5 Å². The van der Waals surface area contributed by atoms with Crippen molar-refractivity contribution in [1.82, 2.24) is 14.7 Å². The van der Waals surface area contributed by atoms with Crippen molar-refractivity contribution in [3.05, 3.63) is 27.9 Å². The second-order valence-corrected chi connectivity index (χ2v) is 11.5. The van der Waals surface area contributed by atoms with Gasteiger partial charge in [-0.05, 0) is 72.9 Å². The number of carbonyl (C=O) groups excluding carboxylic acids is 3. The molecule has 3 rings (SSSR count). The number of ketones is 1. The minimum atomic E-state index is -4.70. The zero-order valence-electron chi connectivity index (χ0n) is 21.8. The Kier molecular flexibility index (Phi) is 7.76. The summed E-state index contributed by atoms with van der Waals surface area (Å²) in [5.74, 6) is -1.69. The van der Waals surface area contributed by atoms with E-state index in [0.717, 1.165) is 16.9 Å². The van der Waals surface area contributed by atoms with Crippen molar-refractivity contribution in [3.63, 3.8) is 0 Å². The van der Waals surface area contributed by atoms with E-state index in [-0.39, 0.29) is 28.4 Å². The van der Waals surface area contributed by atoms with Crippen LogP contribution in [0.2, 0.25) is 0 Å². The molecule has 37 heavy (non-hydrogen) atoms. The third kappa shape index (κ3) is 5.78. The number of ether oxygens (including phenoxy) is 2. The number of Topliss-reactive ketones (excluding diaryl/α,β-unsaturated/α-hetero) is 1. The Balaban J connectivity index is 2.15. The molecule has 0 bridgehead atoms. The highest BCUT2D eigenvalue weighted by Crippen LogP contribution is 2.40. The molecule has 2 unspecified atom stereocenters. The Labute approximate surface area is 221 Å². The van der Waals surface area contributed by atoms with E-state index in [4.69, 9.17) is 9.47 Å². The van der Waals surface area contributed by atoms with Crippen LogP contribution in [0.15, 0.2) is 16.7 Å². The smallest absolute Gasteiger partial charge is 0.417 e. The molecule has 1 aromatic heterocycles. The largest absolute Gasteiger partial charge is 0.464 e. The minimum Gasteiger partial charge on any atom is -0.464 e. The molecule has 2 atom stereocenters. The summed E-state index contributed by atoms with van der Waals surface area (Å²) in [5.41, 5.74) is -2.16. The summed E-state index contributed by atoms with van der Waals surface area (Å²) in [7, 11) is 0. The van der Waals surface area contributed by atoms with Gasteiger partial charge in [0.2, 0.25) is 6.04 Å². The summed E-state index contributed by atoms with van der Waals surface area (Å²) in [6, 6.07) is -1.83. The zero-order valence-corrected chi connectivity index (χ0v) is 23.4. The van der Waals surface area contributed by atoms with Crippen molar-refractivity contribution in [2.75, 3.05) is 6.61 Å². The monoisotopic (exact) mass is 589 g/mol. The van der Waals surface area contributed by atoms with E-state index in [1.165, 1.54) is 4.90 Å². The molecule has 8 nitrogen and oxygen atoms in total. The fourth-order valence-corrected chi connectivity index (χ4v) is 4.95. The third-order valence-electron chi connectivity index (χ3n) is 6.27. The lowest BCUT2D eigenvalue weighted by molar-refractivity contribution is -0.152. The quantitative estimate of drug-likeness (QED) is 0.315. The normalized spacial score (nSPS) is 18.7. The molecule has 204 valence electrons. The Bertz CT molecular complexity index is 1230. The molecule has 0 spiro atoms. The van der Waals surface area contributed by atoms with E-state index in [2.05, 4.69) is 21.0 Å². The number of alkyl halides is 3. The number of benzene rings is 1. The molecular formula is C25H31BrF3N3O5. The lowest BCUT2D eigenvalue weighted by Gasteiger charge is -2.37. The van der Waals surface area contributed by atoms with Crippen molar-refractivity contribution in [3.8, 4) is 0 Å². The van der Waals surface area contributed by atoms with Crippen LogP contribution in [0.5, 0.6) is 0 Å². The highest BCUT2D eigenvalue weighted by Gasteiger charge is 2.50. The lowest BCUT2D eigenvalue weighted by atomic mass is 10.0. The zero-order chi connectivity index (χ0) is 28.1. The van der Waals surface area contributed by atoms with Crippen LogP contribution in [0.25, 0.3) is 10.9 Å². The van der Waals surface area contributed by atoms with Crippen LogP contribution in [0.1, 0.15) is 71.6 Å². The van der Waals surface area contributed by atoms with Crippen LogP contribution >= 0.6 is 15.9 Å². The molecule has 1 amide bonds. The van der Waals surface area contributed by atoms with Gasteiger partial charge < -0.3 is 9.47 Å². The van der Waals surface area contributed by atoms with Gasteiger partial charge in [-0.2, -0.15) is 18.3 Å². The highest BCUT2D eigenvalue weighted by atomic mass is 79.9. The Morgan fingerprint density at radius 1 is 1.24 bits per heavy atom. The first-order valence-electron chi connectivity index (χ1n) is 11.9. The molecule has 0 radical (unpaired) electrons. The number of aromatic nitrogens is 2. The summed E-state index contributed by atoms with van der Waals surface area (Å²) in [6.45, 7) is 11.7.